The number of hydrogen-bond donors (Lipinski definition) is 2. The highest BCUT2D eigenvalue weighted by Gasteiger charge is 2.51. The number of urea groups is 1. The second kappa shape index (κ2) is 5.63. The third kappa shape index (κ3) is 2.41. The molecule has 0 spiro atoms. The number of likely N-dealkylation sites (tertiary alicyclic amines) is 1. The summed E-state index contributed by atoms with van der Waals surface area (Å²) in [6.45, 7) is 4.95. The van der Waals surface area contributed by atoms with Gasteiger partial charge in [-0.2, -0.15) is 0 Å². The highest BCUT2D eigenvalue weighted by molar-refractivity contribution is 6.07. The van der Waals surface area contributed by atoms with Crippen LogP contribution in [0.5, 0.6) is 0 Å². The first kappa shape index (κ1) is 14.5. The Balaban J connectivity index is 1.98. The van der Waals surface area contributed by atoms with Crippen molar-refractivity contribution in [1.29, 1.82) is 0 Å². The molecule has 5 heteroatoms. The van der Waals surface area contributed by atoms with Crippen LogP contribution >= 0.6 is 0 Å². The van der Waals surface area contributed by atoms with E-state index in [1.165, 1.54) is 4.90 Å². The molecule has 0 aliphatic carbocycles. The average Bonchev–Trinajstić information content (AvgIpc) is 2.48. The van der Waals surface area contributed by atoms with E-state index >= 15 is 0 Å². The normalized spacial score (nSPS) is 16.8. The van der Waals surface area contributed by atoms with Crippen molar-refractivity contribution < 1.29 is 9.59 Å². The molecule has 1 aromatic rings. The highest BCUT2D eigenvalue weighted by atomic mass is 16.2. The summed E-state index contributed by atoms with van der Waals surface area (Å²) < 4.78 is 0. The Morgan fingerprint density at radius 1 is 1.30 bits per heavy atom. The lowest BCUT2D eigenvalue weighted by molar-refractivity contribution is -0.154. The molecule has 0 unspecified atom stereocenters. The summed E-state index contributed by atoms with van der Waals surface area (Å²) in [7, 11) is 0. The number of β-lactam (4-membered cyclic amide) rings is 1. The first-order valence-electron chi connectivity index (χ1n) is 6.98. The molecule has 1 heterocycles. The Morgan fingerprint density at radius 3 is 2.35 bits per heavy atom. The van der Waals surface area contributed by atoms with Gasteiger partial charge in [0.1, 0.15) is 0 Å². The molecule has 1 aliphatic rings. The summed E-state index contributed by atoms with van der Waals surface area (Å²) in [5.41, 5.74) is 6.86. The molecule has 0 aromatic heterocycles. The standard InChI is InChI=1S/C15H21N3O2/c1-3-15(4-2)10-18(13(15)19)14(20)17-12-7-5-11(9-16)6-8-12/h5-8H,3-4,9-10,16H2,1-2H3,(H,17,20). The predicted octanol–water partition coefficient (Wildman–Crippen LogP) is 2.33. The SMILES string of the molecule is CCC1(CC)CN(C(=O)Nc2ccc(CN)cc2)C1=O. The molecule has 0 atom stereocenters. The van der Waals surface area contributed by atoms with Crippen molar-refractivity contribution in [3.63, 3.8) is 0 Å². The van der Waals surface area contributed by atoms with Crippen LogP contribution in [0.2, 0.25) is 0 Å². The molecule has 0 saturated carbocycles. The number of benzene rings is 1. The lowest BCUT2D eigenvalue weighted by Gasteiger charge is -2.46. The topological polar surface area (TPSA) is 75.4 Å². The fourth-order valence-electron chi connectivity index (χ4n) is 2.49. The Kier molecular flexibility index (Phi) is 4.09. The molecule has 5 nitrogen and oxygen atoms in total. The Hall–Kier alpha value is -1.88. The number of rotatable bonds is 4. The number of imide groups is 1. The first-order valence-corrected chi connectivity index (χ1v) is 6.98. The molecule has 1 saturated heterocycles. The molecule has 0 bridgehead atoms. The number of amides is 3. The molecule has 3 N–H and O–H groups in total. The van der Waals surface area contributed by atoms with Gasteiger partial charge < -0.3 is 11.1 Å². The molecular weight excluding hydrogens is 254 g/mol. The third-order valence-electron chi connectivity index (χ3n) is 4.20. The largest absolute Gasteiger partial charge is 0.328 e. The fourth-order valence-corrected chi connectivity index (χ4v) is 2.49. The van der Waals surface area contributed by atoms with Crippen molar-refractivity contribution in [2.24, 2.45) is 11.1 Å². The second-order valence-corrected chi connectivity index (χ2v) is 5.21. The van der Waals surface area contributed by atoms with Crippen LogP contribution in [0.4, 0.5) is 10.5 Å². The number of anilines is 1. The maximum atomic E-state index is 12.1. The lowest BCUT2D eigenvalue weighted by Crippen LogP contribution is -2.63. The first-order chi connectivity index (χ1) is 9.56. The van der Waals surface area contributed by atoms with Crippen LogP contribution in [-0.2, 0) is 11.3 Å². The molecule has 1 aromatic carbocycles. The van der Waals surface area contributed by atoms with E-state index in [4.69, 9.17) is 5.73 Å². The van der Waals surface area contributed by atoms with Crippen LogP contribution in [0.15, 0.2) is 24.3 Å². The fraction of sp³-hybridized carbons (Fsp3) is 0.467. The van der Waals surface area contributed by atoms with Crippen LogP contribution < -0.4 is 11.1 Å². The highest BCUT2D eigenvalue weighted by Crippen LogP contribution is 2.38. The maximum Gasteiger partial charge on any atom is 0.328 e. The van der Waals surface area contributed by atoms with Gasteiger partial charge >= 0.3 is 6.03 Å². The van der Waals surface area contributed by atoms with E-state index in [0.29, 0.717) is 18.8 Å². The quantitative estimate of drug-likeness (QED) is 0.828. The molecule has 1 fully saturated rings. The van der Waals surface area contributed by atoms with Gasteiger partial charge in [0.05, 0.1) is 5.41 Å². The van der Waals surface area contributed by atoms with Gasteiger partial charge in [0.25, 0.3) is 0 Å². The number of nitrogens with zero attached hydrogens (tertiary/aromatic N) is 1. The second-order valence-electron chi connectivity index (χ2n) is 5.21. The van der Waals surface area contributed by atoms with Gasteiger partial charge in [-0.1, -0.05) is 26.0 Å². The summed E-state index contributed by atoms with van der Waals surface area (Å²) in [6.07, 6.45) is 1.55. The van der Waals surface area contributed by atoms with Gasteiger partial charge in [0.15, 0.2) is 0 Å². The molecular formula is C15H21N3O2. The lowest BCUT2D eigenvalue weighted by atomic mass is 9.74. The molecule has 0 radical (unpaired) electrons. The molecule has 1 aliphatic heterocycles. The van der Waals surface area contributed by atoms with E-state index in [2.05, 4.69) is 5.32 Å². The van der Waals surface area contributed by atoms with Crippen molar-refractivity contribution in [2.45, 2.75) is 33.2 Å². The summed E-state index contributed by atoms with van der Waals surface area (Å²) in [4.78, 5) is 25.5. The average molecular weight is 275 g/mol. The van der Waals surface area contributed by atoms with Gasteiger partial charge in [-0.15, -0.1) is 0 Å². The minimum atomic E-state index is -0.354. The predicted molar refractivity (Wildman–Crippen MR) is 78.1 cm³/mol. The number of hydrogen-bond acceptors (Lipinski definition) is 3. The minimum Gasteiger partial charge on any atom is -0.326 e. The zero-order chi connectivity index (χ0) is 14.8. The molecule has 3 amide bonds. The number of nitrogens with two attached hydrogens (primary N) is 1. The van der Waals surface area contributed by atoms with E-state index in [-0.39, 0.29) is 17.4 Å². The zero-order valence-corrected chi connectivity index (χ0v) is 12.0. The Bertz CT molecular complexity index is 506. The van der Waals surface area contributed by atoms with Crippen molar-refractivity contribution in [3.05, 3.63) is 29.8 Å². The van der Waals surface area contributed by atoms with E-state index in [1.54, 1.807) is 12.1 Å². The summed E-state index contributed by atoms with van der Waals surface area (Å²) in [5, 5.41) is 2.74. The number of nitrogens with one attached hydrogen (secondary N) is 1. The van der Waals surface area contributed by atoms with Crippen molar-refractivity contribution in [1.82, 2.24) is 4.90 Å². The van der Waals surface area contributed by atoms with Crippen LogP contribution in [0.3, 0.4) is 0 Å². The summed E-state index contributed by atoms with van der Waals surface area (Å²) in [5.74, 6) is -0.0708. The van der Waals surface area contributed by atoms with Crippen molar-refractivity contribution in [2.75, 3.05) is 11.9 Å². The summed E-state index contributed by atoms with van der Waals surface area (Å²) >= 11 is 0. The third-order valence-corrected chi connectivity index (χ3v) is 4.20. The van der Waals surface area contributed by atoms with Gasteiger partial charge in [-0.3, -0.25) is 9.69 Å². The van der Waals surface area contributed by atoms with E-state index < -0.39 is 0 Å². The Morgan fingerprint density at radius 2 is 1.90 bits per heavy atom. The van der Waals surface area contributed by atoms with Gasteiger partial charge in [-0.05, 0) is 30.5 Å². The van der Waals surface area contributed by atoms with Crippen LogP contribution in [-0.4, -0.2) is 23.4 Å². The van der Waals surface area contributed by atoms with E-state index in [0.717, 1.165) is 18.4 Å². The molecule has 108 valence electrons. The number of carbonyl (C=O) groups excluding carboxylic acids is 2. The number of carbonyl (C=O) groups is 2. The van der Waals surface area contributed by atoms with Gasteiger partial charge in [0, 0.05) is 18.8 Å². The minimum absolute atomic E-state index is 0.0708. The Labute approximate surface area is 119 Å². The van der Waals surface area contributed by atoms with Crippen LogP contribution in [0, 0.1) is 5.41 Å². The maximum absolute atomic E-state index is 12.1. The zero-order valence-electron chi connectivity index (χ0n) is 12.0. The van der Waals surface area contributed by atoms with Gasteiger partial charge in [-0.25, -0.2) is 4.79 Å². The molecule has 20 heavy (non-hydrogen) atoms. The van der Waals surface area contributed by atoms with Crippen LogP contribution in [0.25, 0.3) is 0 Å². The van der Waals surface area contributed by atoms with Crippen LogP contribution in [0.1, 0.15) is 32.3 Å². The van der Waals surface area contributed by atoms with E-state index in [1.807, 2.05) is 26.0 Å². The molecule has 2 rings (SSSR count). The van der Waals surface area contributed by atoms with Gasteiger partial charge in [0.2, 0.25) is 5.91 Å². The van der Waals surface area contributed by atoms with E-state index in [9.17, 15) is 9.59 Å². The smallest absolute Gasteiger partial charge is 0.326 e. The summed E-state index contributed by atoms with van der Waals surface area (Å²) in [6, 6.07) is 6.94. The monoisotopic (exact) mass is 275 g/mol. The van der Waals surface area contributed by atoms with Crippen molar-refractivity contribution in [3.8, 4) is 0 Å². The van der Waals surface area contributed by atoms with Crippen molar-refractivity contribution >= 4 is 17.6 Å².